The van der Waals surface area contributed by atoms with Crippen LogP contribution in [-0.2, 0) is 0 Å². The average molecular weight is 283 g/mol. The van der Waals surface area contributed by atoms with Crippen LogP contribution < -0.4 is 4.74 Å². The predicted octanol–water partition coefficient (Wildman–Crippen LogP) is 5.47. The summed E-state index contributed by atoms with van der Waals surface area (Å²) >= 11 is 0. The molecule has 0 atom stereocenters. The number of pyridine rings is 1. The van der Waals surface area contributed by atoms with Crippen LogP contribution in [0, 0.1) is 6.92 Å². The Morgan fingerprint density at radius 2 is 1.59 bits per heavy atom. The number of hydrogen-bond acceptors (Lipinski definition) is 2. The molecule has 2 nitrogen and oxygen atoms in total. The molecule has 3 aromatic carbocycles. The fourth-order valence-corrected chi connectivity index (χ4v) is 3.31. The molecule has 0 spiro atoms. The minimum atomic E-state index is 0.837. The van der Waals surface area contributed by atoms with Crippen molar-refractivity contribution in [2.24, 2.45) is 0 Å². The summed E-state index contributed by atoms with van der Waals surface area (Å²) in [4.78, 5) is 4.91. The van der Waals surface area contributed by atoms with Crippen LogP contribution in [-0.4, -0.2) is 4.98 Å². The maximum Gasteiger partial charge on any atom is 0.154 e. The Morgan fingerprint density at radius 1 is 0.818 bits per heavy atom. The van der Waals surface area contributed by atoms with Crippen LogP contribution >= 0.6 is 0 Å². The normalized spacial score (nSPS) is 12.2. The van der Waals surface area contributed by atoms with Crippen molar-refractivity contribution < 1.29 is 4.74 Å². The van der Waals surface area contributed by atoms with Gasteiger partial charge in [0.05, 0.1) is 5.52 Å². The van der Waals surface area contributed by atoms with E-state index in [2.05, 4.69) is 55.5 Å². The molecule has 2 heterocycles. The molecule has 0 amide bonds. The summed E-state index contributed by atoms with van der Waals surface area (Å²) in [7, 11) is 0. The molecule has 0 fully saturated rings. The minimum absolute atomic E-state index is 0.837. The number of aryl methyl sites for hydroxylation is 1. The van der Waals surface area contributed by atoms with Gasteiger partial charge in [0.15, 0.2) is 5.75 Å². The highest BCUT2D eigenvalue weighted by Gasteiger charge is 2.21. The molecule has 1 aliphatic heterocycles. The van der Waals surface area contributed by atoms with Crippen molar-refractivity contribution in [1.82, 2.24) is 4.98 Å². The molecule has 2 heteroatoms. The monoisotopic (exact) mass is 283 g/mol. The quantitative estimate of drug-likeness (QED) is 0.376. The Kier molecular flexibility index (Phi) is 2.18. The van der Waals surface area contributed by atoms with E-state index in [0.29, 0.717) is 0 Å². The van der Waals surface area contributed by atoms with Gasteiger partial charge in [-0.1, -0.05) is 48.5 Å². The lowest BCUT2D eigenvalue weighted by molar-refractivity contribution is 0.485. The van der Waals surface area contributed by atoms with E-state index in [1.54, 1.807) is 0 Å². The first kappa shape index (κ1) is 11.8. The Balaban J connectivity index is 1.95. The van der Waals surface area contributed by atoms with E-state index in [9.17, 15) is 0 Å². The third-order valence-electron chi connectivity index (χ3n) is 4.35. The van der Waals surface area contributed by atoms with Crippen LogP contribution in [0.25, 0.3) is 32.9 Å². The SMILES string of the molecule is Cc1cccc2cc3c(nc12)-c1cccc2cccc(c12)O3. The molecular weight excluding hydrogens is 270 g/mol. The lowest BCUT2D eigenvalue weighted by atomic mass is 9.97. The third-order valence-corrected chi connectivity index (χ3v) is 4.35. The van der Waals surface area contributed by atoms with Gasteiger partial charge in [-0.05, 0) is 30.0 Å². The molecule has 5 rings (SSSR count). The molecule has 0 saturated carbocycles. The number of para-hydroxylation sites is 1. The van der Waals surface area contributed by atoms with Crippen LogP contribution in [0.2, 0.25) is 0 Å². The first-order valence-corrected chi connectivity index (χ1v) is 7.41. The zero-order valence-electron chi connectivity index (χ0n) is 12.1. The molecule has 4 aromatic rings. The van der Waals surface area contributed by atoms with Gasteiger partial charge < -0.3 is 4.74 Å². The number of aromatic nitrogens is 1. The van der Waals surface area contributed by atoms with Crippen molar-refractivity contribution in [2.45, 2.75) is 6.92 Å². The van der Waals surface area contributed by atoms with Crippen molar-refractivity contribution in [1.29, 1.82) is 0 Å². The smallest absolute Gasteiger partial charge is 0.154 e. The van der Waals surface area contributed by atoms with Gasteiger partial charge in [0, 0.05) is 16.3 Å². The van der Waals surface area contributed by atoms with Crippen molar-refractivity contribution in [2.75, 3.05) is 0 Å². The second-order valence-corrected chi connectivity index (χ2v) is 5.74. The summed E-state index contributed by atoms with van der Waals surface area (Å²) in [5, 5.41) is 3.45. The van der Waals surface area contributed by atoms with Gasteiger partial charge >= 0.3 is 0 Å². The van der Waals surface area contributed by atoms with Crippen LogP contribution in [0.4, 0.5) is 0 Å². The van der Waals surface area contributed by atoms with Gasteiger partial charge in [-0.25, -0.2) is 4.98 Å². The maximum atomic E-state index is 6.13. The molecule has 0 N–H and O–H groups in total. The summed E-state index contributed by atoms with van der Waals surface area (Å²) < 4.78 is 6.13. The topological polar surface area (TPSA) is 22.1 Å². The second-order valence-electron chi connectivity index (χ2n) is 5.74. The highest BCUT2D eigenvalue weighted by Crippen LogP contribution is 2.46. The Hall–Kier alpha value is -2.87. The molecule has 0 aliphatic carbocycles. The third kappa shape index (κ3) is 1.47. The number of nitrogens with zero attached hydrogens (tertiary/aromatic N) is 1. The highest BCUT2D eigenvalue weighted by atomic mass is 16.5. The number of ether oxygens (including phenoxy) is 1. The fraction of sp³-hybridized carbons (Fsp3) is 0.0500. The van der Waals surface area contributed by atoms with Crippen molar-refractivity contribution >= 4 is 21.7 Å². The minimum Gasteiger partial charge on any atom is -0.454 e. The molecule has 0 saturated heterocycles. The zero-order chi connectivity index (χ0) is 14.7. The standard InChI is InChI=1S/C20H13NO/c1-12-5-2-8-14-11-17-20(21-19(12)14)15-9-3-6-13-7-4-10-16(22-17)18(13)15/h2-11H,1H3. The van der Waals surface area contributed by atoms with Crippen molar-refractivity contribution in [3.63, 3.8) is 0 Å². The molecule has 22 heavy (non-hydrogen) atoms. The molecule has 0 bridgehead atoms. The molecule has 0 unspecified atom stereocenters. The molecule has 104 valence electrons. The molecule has 1 aromatic heterocycles. The summed E-state index contributed by atoms with van der Waals surface area (Å²) in [5.41, 5.74) is 4.32. The number of benzene rings is 3. The zero-order valence-corrected chi connectivity index (χ0v) is 12.1. The predicted molar refractivity (Wildman–Crippen MR) is 89.5 cm³/mol. The Bertz CT molecular complexity index is 1060. The second kappa shape index (κ2) is 4.08. The number of rotatable bonds is 0. The van der Waals surface area contributed by atoms with Gasteiger partial charge in [0.1, 0.15) is 11.4 Å². The van der Waals surface area contributed by atoms with Crippen molar-refractivity contribution in [3.05, 3.63) is 66.2 Å². The molecule has 0 radical (unpaired) electrons. The lowest BCUT2D eigenvalue weighted by Crippen LogP contribution is -2.00. The fourth-order valence-electron chi connectivity index (χ4n) is 3.31. The van der Waals surface area contributed by atoms with Gasteiger partial charge in [0.25, 0.3) is 0 Å². The van der Waals surface area contributed by atoms with E-state index < -0.39 is 0 Å². The van der Waals surface area contributed by atoms with Gasteiger partial charge in [0.2, 0.25) is 0 Å². The van der Waals surface area contributed by atoms with Crippen LogP contribution in [0.1, 0.15) is 5.56 Å². The Labute approximate surface area is 128 Å². The van der Waals surface area contributed by atoms with E-state index in [1.807, 2.05) is 12.1 Å². The maximum absolute atomic E-state index is 6.13. The lowest BCUT2D eigenvalue weighted by Gasteiger charge is -2.21. The first-order chi connectivity index (χ1) is 10.8. The molecule has 1 aliphatic rings. The van der Waals surface area contributed by atoms with E-state index in [4.69, 9.17) is 9.72 Å². The molecular formula is C20H13NO. The van der Waals surface area contributed by atoms with Gasteiger partial charge in [-0.3, -0.25) is 0 Å². The summed E-state index contributed by atoms with van der Waals surface area (Å²) in [6.45, 7) is 2.10. The highest BCUT2D eigenvalue weighted by molar-refractivity contribution is 6.04. The van der Waals surface area contributed by atoms with Gasteiger partial charge in [-0.15, -0.1) is 0 Å². The summed E-state index contributed by atoms with van der Waals surface area (Å²) in [5.74, 6) is 1.75. The van der Waals surface area contributed by atoms with Crippen LogP contribution in [0.3, 0.4) is 0 Å². The summed E-state index contributed by atoms with van der Waals surface area (Å²) in [6.07, 6.45) is 0. The van der Waals surface area contributed by atoms with Crippen LogP contribution in [0.5, 0.6) is 11.5 Å². The van der Waals surface area contributed by atoms with Crippen LogP contribution in [0.15, 0.2) is 60.7 Å². The average Bonchev–Trinajstić information content (AvgIpc) is 2.54. The number of fused-ring (bicyclic) bond motifs is 3. The van der Waals surface area contributed by atoms with Gasteiger partial charge in [-0.2, -0.15) is 0 Å². The number of hydrogen-bond donors (Lipinski definition) is 0. The Morgan fingerprint density at radius 3 is 2.50 bits per heavy atom. The van der Waals surface area contributed by atoms with E-state index in [1.165, 1.54) is 10.9 Å². The van der Waals surface area contributed by atoms with E-state index >= 15 is 0 Å². The van der Waals surface area contributed by atoms with Crippen molar-refractivity contribution in [3.8, 4) is 22.8 Å². The first-order valence-electron chi connectivity index (χ1n) is 7.41. The largest absolute Gasteiger partial charge is 0.454 e. The van der Waals surface area contributed by atoms with E-state index in [0.717, 1.165) is 39.0 Å². The summed E-state index contributed by atoms with van der Waals surface area (Å²) in [6, 6.07) is 20.8. The van der Waals surface area contributed by atoms with E-state index in [-0.39, 0.29) is 0 Å².